The van der Waals surface area contributed by atoms with Crippen LogP contribution in [-0.4, -0.2) is 30.1 Å². The molecule has 0 radical (unpaired) electrons. The average Bonchev–Trinajstić information content (AvgIpc) is 3.14. The molecule has 0 amide bonds. The van der Waals surface area contributed by atoms with Crippen molar-refractivity contribution in [1.29, 1.82) is 0 Å². The van der Waals surface area contributed by atoms with E-state index in [2.05, 4.69) is 21.8 Å². The molecule has 6 nitrogen and oxygen atoms in total. The summed E-state index contributed by atoms with van der Waals surface area (Å²) in [4.78, 5) is 15.9. The van der Waals surface area contributed by atoms with Crippen molar-refractivity contribution in [2.75, 3.05) is 5.75 Å². The molecule has 0 fully saturated rings. The summed E-state index contributed by atoms with van der Waals surface area (Å²) in [6.07, 6.45) is 5.30. The highest BCUT2D eigenvalue weighted by Crippen LogP contribution is 2.23. The van der Waals surface area contributed by atoms with Gasteiger partial charge in [-0.3, -0.25) is 14.3 Å². The molecule has 0 aliphatic rings. The van der Waals surface area contributed by atoms with Crippen LogP contribution in [-0.2, 0) is 13.1 Å². The number of rotatable bonds is 7. The van der Waals surface area contributed by atoms with Crippen LogP contribution in [0.25, 0.3) is 11.4 Å². The summed E-state index contributed by atoms with van der Waals surface area (Å²) >= 11 is 2.82. The number of pyridine rings is 1. The molecule has 0 aliphatic heterocycles. The van der Waals surface area contributed by atoms with Crippen molar-refractivity contribution >= 4 is 23.1 Å². The lowest BCUT2D eigenvalue weighted by atomic mass is 10.2. The van der Waals surface area contributed by atoms with E-state index in [0.717, 1.165) is 28.0 Å². The number of hydrogen-bond donors (Lipinski definition) is 0. The zero-order valence-corrected chi connectivity index (χ0v) is 14.9. The quantitative estimate of drug-likeness (QED) is 0.479. The highest BCUT2D eigenvalue weighted by Gasteiger charge is 2.13. The Balaban J connectivity index is 1.77. The molecule has 0 aromatic carbocycles. The lowest BCUT2D eigenvalue weighted by molar-refractivity contribution is 0.714. The molecule has 3 aromatic heterocycles. The molecule has 0 N–H and O–H groups in total. The molecule has 24 heavy (non-hydrogen) atoms. The molecule has 3 heterocycles. The third-order valence-corrected chi connectivity index (χ3v) is 5.32. The summed E-state index contributed by atoms with van der Waals surface area (Å²) in [5, 5.41) is 11.3. The molecule has 3 rings (SSSR count). The van der Waals surface area contributed by atoms with E-state index >= 15 is 0 Å². The number of hydrogen-bond acceptors (Lipinski definition) is 6. The Bertz CT molecular complexity index is 882. The number of nitrogens with zero attached hydrogens (tertiary/aromatic N) is 5. The summed E-state index contributed by atoms with van der Waals surface area (Å²) < 4.78 is 3.81. The molecule has 0 bridgehead atoms. The smallest absolute Gasteiger partial charge is 0.303 e. The van der Waals surface area contributed by atoms with Crippen LogP contribution < -0.4 is 4.87 Å². The SMILES string of the molecule is C=CCn1c(SCCn2c(C)csc2=O)nnc1-c1ccncc1. The van der Waals surface area contributed by atoms with Gasteiger partial charge in [-0.1, -0.05) is 29.2 Å². The normalized spacial score (nSPS) is 10.9. The predicted octanol–water partition coefficient (Wildman–Crippen LogP) is 2.85. The molecule has 0 aliphatic carbocycles. The van der Waals surface area contributed by atoms with Crippen molar-refractivity contribution in [3.8, 4) is 11.4 Å². The number of aromatic nitrogens is 5. The second-order valence-electron chi connectivity index (χ2n) is 5.08. The van der Waals surface area contributed by atoms with Gasteiger partial charge in [-0.15, -0.1) is 16.8 Å². The first-order valence-electron chi connectivity index (χ1n) is 7.43. The van der Waals surface area contributed by atoms with E-state index < -0.39 is 0 Å². The van der Waals surface area contributed by atoms with Crippen molar-refractivity contribution in [3.63, 3.8) is 0 Å². The second kappa shape index (κ2) is 7.59. The Morgan fingerprint density at radius 1 is 1.29 bits per heavy atom. The largest absolute Gasteiger partial charge is 0.307 e. The van der Waals surface area contributed by atoms with E-state index in [1.165, 1.54) is 11.3 Å². The molecule has 0 unspecified atom stereocenters. The van der Waals surface area contributed by atoms with E-state index in [0.29, 0.717) is 13.1 Å². The van der Waals surface area contributed by atoms with E-state index in [1.807, 2.05) is 35.1 Å². The zero-order valence-electron chi connectivity index (χ0n) is 13.3. The minimum atomic E-state index is 0.0816. The van der Waals surface area contributed by atoms with Gasteiger partial charge in [-0.25, -0.2) is 0 Å². The number of aryl methyl sites for hydroxylation is 1. The van der Waals surface area contributed by atoms with Gasteiger partial charge in [0, 0.05) is 47.9 Å². The maximum absolute atomic E-state index is 11.8. The van der Waals surface area contributed by atoms with Gasteiger partial charge in [-0.2, -0.15) is 0 Å². The third-order valence-electron chi connectivity index (χ3n) is 3.49. The van der Waals surface area contributed by atoms with Crippen LogP contribution in [0, 0.1) is 6.92 Å². The van der Waals surface area contributed by atoms with Crippen molar-refractivity contribution in [2.45, 2.75) is 25.2 Å². The van der Waals surface area contributed by atoms with Crippen LogP contribution in [0.2, 0.25) is 0 Å². The van der Waals surface area contributed by atoms with Crippen molar-refractivity contribution < 1.29 is 0 Å². The van der Waals surface area contributed by atoms with Gasteiger partial charge in [-0.05, 0) is 19.1 Å². The van der Waals surface area contributed by atoms with Crippen molar-refractivity contribution in [3.05, 3.63) is 57.9 Å². The fourth-order valence-corrected chi connectivity index (χ4v) is 3.94. The van der Waals surface area contributed by atoms with Crippen molar-refractivity contribution in [1.82, 2.24) is 24.3 Å². The van der Waals surface area contributed by atoms with Gasteiger partial charge < -0.3 is 4.57 Å². The minimum absolute atomic E-state index is 0.0816. The van der Waals surface area contributed by atoms with Crippen LogP contribution in [0.3, 0.4) is 0 Å². The minimum Gasteiger partial charge on any atom is -0.303 e. The summed E-state index contributed by atoms with van der Waals surface area (Å²) in [5.41, 5.74) is 1.96. The first-order valence-corrected chi connectivity index (χ1v) is 9.29. The first-order chi connectivity index (χ1) is 11.7. The van der Waals surface area contributed by atoms with E-state index in [1.54, 1.807) is 28.7 Å². The fraction of sp³-hybridized carbons (Fsp3) is 0.250. The lowest BCUT2D eigenvalue weighted by Crippen LogP contribution is -2.16. The summed E-state index contributed by atoms with van der Waals surface area (Å²) in [7, 11) is 0. The summed E-state index contributed by atoms with van der Waals surface area (Å²) in [6.45, 7) is 7.05. The number of thioether (sulfide) groups is 1. The Kier molecular flexibility index (Phi) is 5.27. The molecular weight excluding hydrogens is 342 g/mol. The van der Waals surface area contributed by atoms with Gasteiger partial charge in [0.1, 0.15) is 0 Å². The topological polar surface area (TPSA) is 65.6 Å². The number of allylic oxidation sites excluding steroid dienone is 1. The van der Waals surface area contributed by atoms with Gasteiger partial charge in [0.2, 0.25) is 0 Å². The summed E-state index contributed by atoms with van der Waals surface area (Å²) in [6, 6.07) is 3.82. The second-order valence-corrected chi connectivity index (χ2v) is 6.97. The Morgan fingerprint density at radius 2 is 2.08 bits per heavy atom. The Morgan fingerprint density at radius 3 is 2.75 bits per heavy atom. The van der Waals surface area contributed by atoms with Crippen LogP contribution >= 0.6 is 23.1 Å². The van der Waals surface area contributed by atoms with Gasteiger partial charge in [0.05, 0.1) is 0 Å². The highest BCUT2D eigenvalue weighted by molar-refractivity contribution is 7.99. The molecule has 124 valence electrons. The van der Waals surface area contributed by atoms with Gasteiger partial charge in [0.25, 0.3) is 0 Å². The molecular formula is C16H17N5OS2. The maximum atomic E-state index is 11.8. The molecule has 0 saturated carbocycles. The zero-order chi connectivity index (χ0) is 16.9. The van der Waals surface area contributed by atoms with E-state index in [4.69, 9.17) is 0 Å². The maximum Gasteiger partial charge on any atom is 0.307 e. The molecule has 8 heteroatoms. The molecule has 3 aromatic rings. The van der Waals surface area contributed by atoms with Gasteiger partial charge in [0.15, 0.2) is 11.0 Å². The van der Waals surface area contributed by atoms with Crippen LogP contribution in [0.1, 0.15) is 5.69 Å². The summed E-state index contributed by atoms with van der Waals surface area (Å²) in [5.74, 6) is 1.55. The Hall–Kier alpha value is -2.19. The highest BCUT2D eigenvalue weighted by atomic mass is 32.2. The molecule has 0 spiro atoms. The third kappa shape index (κ3) is 3.49. The predicted molar refractivity (Wildman–Crippen MR) is 97.5 cm³/mol. The monoisotopic (exact) mass is 359 g/mol. The molecule has 0 saturated heterocycles. The first kappa shape index (κ1) is 16.7. The number of thiazole rings is 1. The van der Waals surface area contributed by atoms with E-state index in [9.17, 15) is 4.79 Å². The Labute approximate surface area is 147 Å². The van der Waals surface area contributed by atoms with Crippen LogP contribution in [0.5, 0.6) is 0 Å². The van der Waals surface area contributed by atoms with Crippen molar-refractivity contribution in [2.24, 2.45) is 0 Å². The fourth-order valence-electron chi connectivity index (χ4n) is 2.31. The van der Waals surface area contributed by atoms with Crippen LogP contribution in [0.4, 0.5) is 0 Å². The van der Waals surface area contributed by atoms with Gasteiger partial charge >= 0.3 is 4.87 Å². The standard InChI is InChI=1S/C16H17N5OS2/c1-3-8-21-14(13-4-6-17-7-5-13)18-19-15(21)23-10-9-20-12(2)11-24-16(20)22/h3-7,11H,1,8-10H2,2H3. The lowest BCUT2D eigenvalue weighted by Gasteiger charge is -2.08. The average molecular weight is 359 g/mol. The molecule has 0 atom stereocenters. The van der Waals surface area contributed by atoms with Crippen LogP contribution in [0.15, 0.2) is 52.5 Å². The van der Waals surface area contributed by atoms with E-state index in [-0.39, 0.29) is 4.87 Å².